The third-order valence-electron chi connectivity index (χ3n) is 11.1. The highest BCUT2D eigenvalue weighted by molar-refractivity contribution is 7.04. The van der Waals surface area contributed by atoms with Crippen molar-refractivity contribution in [1.82, 2.24) is 0 Å². The largest absolute Gasteiger partial charge is 0.389 e. The highest BCUT2D eigenvalue weighted by Crippen LogP contribution is 2.16. The van der Waals surface area contributed by atoms with E-state index in [-0.39, 0.29) is 0 Å². The zero-order chi connectivity index (χ0) is 43.4. The maximum absolute atomic E-state index is 5.40. The molecule has 1 heterocycles. The third-order valence-corrected chi connectivity index (χ3v) is 23.6. The molecule has 8 aromatic carbocycles. The Morgan fingerprint density at radius 1 is 0.172 bits per heavy atom. The van der Waals surface area contributed by atoms with E-state index in [0.717, 1.165) is 41.5 Å². The number of hydrogen-bond donors (Lipinski definition) is 0. The zero-order valence-electron chi connectivity index (χ0n) is 34.7. The second-order valence-corrected chi connectivity index (χ2v) is 26.7. The molecule has 0 radical (unpaired) electrons. The fourth-order valence-corrected chi connectivity index (χ4v) is 18.7. The summed E-state index contributed by atoms with van der Waals surface area (Å²) in [7, 11) is -14.3. The average Bonchev–Trinajstić information content (AvgIpc) is 3.38. The molecule has 0 atom stereocenters. The summed E-state index contributed by atoms with van der Waals surface area (Å²) in [6, 6.07) is 94.0. The number of benzene rings is 8. The molecule has 0 bridgehead atoms. The van der Waals surface area contributed by atoms with Gasteiger partial charge in [-0.2, -0.15) is 0 Å². The monoisotopic (exact) mass is 888 g/mol. The van der Waals surface area contributed by atoms with Gasteiger partial charge in [-0.25, -0.2) is 37.3 Å². The standard InChI is InChI=1S/C52H40N8Si4/c1-9-25-45(26-10-1)61(46-27-11-2-12-28-46)53-41-55-62(47-29-13-3-14-30-47,48-31-15-4-16-32-48)57-43-59-64(51-37-21-7-22-38-51,52-39-23-8-24-40-52)60-44-58-63(56-42-54-61,49-33-17-5-18-34-49)50-35-19-6-20-36-50/h1-40H. The van der Waals surface area contributed by atoms with Crippen molar-refractivity contribution in [2.75, 3.05) is 0 Å². The van der Waals surface area contributed by atoms with Gasteiger partial charge in [0, 0.05) is 0 Å². The van der Waals surface area contributed by atoms with Gasteiger partial charge in [0.1, 0.15) is 0 Å². The predicted molar refractivity (Wildman–Crippen MR) is 271 cm³/mol. The van der Waals surface area contributed by atoms with Gasteiger partial charge in [0.15, 0.2) is 0 Å². The van der Waals surface area contributed by atoms with E-state index >= 15 is 0 Å². The Kier molecular flexibility index (Phi) is 12.3. The van der Waals surface area contributed by atoms with Gasteiger partial charge in [0.25, 0.3) is 0 Å². The van der Waals surface area contributed by atoms with E-state index in [4.69, 9.17) is 37.3 Å². The molecule has 0 saturated carbocycles. The summed E-state index contributed by atoms with van der Waals surface area (Å²) in [4.78, 5) is 0. The first kappa shape index (κ1) is 41.5. The van der Waals surface area contributed by atoms with Crippen LogP contribution in [0.15, 0.2) is 280 Å². The fraction of sp³-hybridized carbons (Fsp3) is 0. The average molecular weight is 889 g/mol. The van der Waals surface area contributed by atoms with Crippen molar-refractivity contribution >= 4 is 99.1 Å². The van der Waals surface area contributed by atoms with Crippen LogP contribution in [-0.2, 0) is 0 Å². The topological polar surface area (TPSA) is 98.9 Å². The molecule has 0 aromatic heterocycles. The van der Waals surface area contributed by atoms with Crippen LogP contribution in [0.5, 0.6) is 0 Å². The molecule has 0 aliphatic carbocycles. The summed E-state index contributed by atoms with van der Waals surface area (Å²) in [6.07, 6.45) is 0. The van der Waals surface area contributed by atoms with Crippen LogP contribution >= 0.6 is 0 Å². The molecule has 1 aliphatic rings. The van der Waals surface area contributed by atoms with E-state index in [0.29, 0.717) is 0 Å². The second-order valence-electron chi connectivity index (χ2n) is 14.9. The number of hydrogen-bond acceptors (Lipinski definition) is 8. The second kappa shape index (κ2) is 19.0. The van der Waals surface area contributed by atoms with Crippen LogP contribution in [-0.4, -0.2) is 57.6 Å². The third kappa shape index (κ3) is 8.25. The Morgan fingerprint density at radius 3 is 0.391 bits per heavy atom. The Morgan fingerprint density at radius 2 is 0.281 bits per heavy atom. The normalized spacial score (nSPS) is 15.8. The van der Waals surface area contributed by atoms with Crippen LogP contribution < -0.4 is 41.5 Å². The maximum atomic E-state index is 5.40. The molecule has 8 aromatic rings. The molecule has 0 N–H and O–H groups in total. The minimum atomic E-state index is -3.58. The van der Waals surface area contributed by atoms with Gasteiger partial charge in [-0.05, 0) is 41.5 Å². The Balaban J connectivity index is 1.46. The van der Waals surface area contributed by atoms with Crippen LogP contribution in [0.4, 0.5) is 0 Å². The first-order valence-electron chi connectivity index (χ1n) is 20.9. The highest BCUT2D eigenvalue weighted by Gasteiger charge is 2.44. The quantitative estimate of drug-likeness (QED) is 0.175. The predicted octanol–water partition coefficient (Wildman–Crippen LogP) is 5.72. The number of rotatable bonds is 8. The highest BCUT2D eigenvalue weighted by atomic mass is 28.4. The molecule has 0 saturated heterocycles. The molecule has 9 rings (SSSR count). The molecule has 1 aliphatic heterocycles. The Labute approximate surface area is 377 Å². The van der Waals surface area contributed by atoms with Gasteiger partial charge >= 0.3 is 33.6 Å². The van der Waals surface area contributed by atoms with Crippen molar-refractivity contribution in [1.29, 1.82) is 0 Å². The number of nitrogens with zero attached hydrogens (tertiary/aromatic N) is 8. The molecule has 0 spiro atoms. The van der Waals surface area contributed by atoms with Crippen molar-refractivity contribution < 1.29 is 0 Å². The molecule has 12 heteroatoms. The lowest BCUT2D eigenvalue weighted by Crippen LogP contribution is -2.58. The van der Waals surface area contributed by atoms with Gasteiger partial charge in [-0.15, -0.1) is 0 Å². The summed E-state index contributed by atoms with van der Waals surface area (Å²) in [6.45, 7) is 0. The van der Waals surface area contributed by atoms with Gasteiger partial charge in [-0.1, -0.05) is 243 Å². The van der Waals surface area contributed by atoms with Gasteiger partial charge in [0.05, 0.1) is 24.0 Å². The molecule has 0 fully saturated rings. The summed E-state index contributed by atoms with van der Waals surface area (Å²) < 4.78 is 43.2. The van der Waals surface area contributed by atoms with E-state index in [1.807, 2.05) is 146 Å². The lowest BCUT2D eigenvalue weighted by molar-refractivity contribution is 1.48. The van der Waals surface area contributed by atoms with Crippen molar-refractivity contribution in [2.45, 2.75) is 0 Å². The minimum Gasteiger partial charge on any atom is -0.228 e. The summed E-state index contributed by atoms with van der Waals surface area (Å²) in [5.41, 5.74) is 0. The Bertz CT molecular complexity index is 2460. The molecular formula is C52H40N8Si4. The lowest BCUT2D eigenvalue weighted by atomic mass is 10.4. The molecule has 0 amide bonds. The van der Waals surface area contributed by atoms with Crippen molar-refractivity contribution in [3.8, 4) is 0 Å². The van der Waals surface area contributed by atoms with E-state index < -0.39 is 33.6 Å². The van der Waals surface area contributed by atoms with Crippen molar-refractivity contribution in [3.63, 3.8) is 0 Å². The van der Waals surface area contributed by atoms with Crippen LogP contribution in [0.3, 0.4) is 0 Å². The van der Waals surface area contributed by atoms with E-state index in [1.54, 1.807) is 0 Å². The van der Waals surface area contributed by atoms with Crippen molar-refractivity contribution in [3.05, 3.63) is 243 Å². The minimum absolute atomic E-state index is 0.905. The molecule has 64 heavy (non-hydrogen) atoms. The smallest absolute Gasteiger partial charge is 0.228 e. The van der Waals surface area contributed by atoms with E-state index in [9.17, 15) is 0 Å². The van der Waals surface area contributed by atoms with Gasteiger partial charge < -0.3 is 0 Å². The lowest BCUT2D eigenvalue weighted by Gasteiger charge is -2.24. The van der Waals surface area contributed by atoms with Crippen LogP contribution in [0, 0.1) is 0 Å². The summed E-state index contributed by atoms with van der Waals surface area (Å²) >= 11 is 0. The molecule has 304 valence electrons. The van der Waals surface area contributed by atoms with E-state index in [2.05, 4.69) is 121 Å². The van der Waals surface area contributed by atoms with Crippen LogP contribution in [0.25, 0.3) is 0 Å². The van der Waals surface area contributed by atoms with Gasteiger partial charge in [0.2, 0.25) is 0 Å². The molecular weight excluding hydrogens is 849 g/mol. The van der Waals surface area contributed by atoms with Crippen molar-refractivity contribution in [2.24, 2.45) is 37.3 Å². The molecule has 0 unspecified atom stereocenters. The fourth-order valence-electron chi connectivity index (χ4n) is 7.84. The summed E-state index contributed by atoms with van der Waals surface area (Å²) in [5.74, 6) is 0. The van der Waals surface area contributed by atoms with E-state index in [1.165, 1.54) is 0 Å². The Hall–Kier alpha value is -7.85. The SMILES string of the molecule is C1=N[Si](c2ccccc2)(c2ccccc2)N=C=N[Si](c2ccccc2)(c2ccccc2)N=C=N[Si](c2ccccc2)(c2ccccc2)N=C=N[Si](c2ccccc2)(c2ccccc2)N=1. The maximum Gasteiger partial charge on any atom is 0.389 e. The van der Waals surface area contributed by atoms with Crippen LogP contribution in [0.2, 0.25) is 0 Å². The summed E-state index contributed by atoms with van der Waals surface area (Å²) in [5, 5.41) is 7.24. The molecule has 8 nitrogen and oxygen atoms in total. The van der Waals surface area contributed by atoms with Gasteiger partial charge in [-0.3, -0.25) is 0 Å². The first-order chi connectivity index (χ1) is 31.7. The van der Waals surface area contributed by atoms with Crippen LogP contribution in [0.1, 0.15) is 0 Å². The zero-order valence-corrected chi connectivity index (χ0v) is 38.7. The first-order valence-corrected chi connectivity index (χ1v) is 28.4.